The lowest BCUT2D eigenvalue weighted by Crippen LogP contribution is -2.44. The van der Waals surface area contributed by atoms with Gasteiger partial charge in [-0.05, 0) is 48.9 Å². The Morgan fingerprint density at radius 2 is 2.02 bits per heavy atom. The van der Waals surface area contributed by atoms with Gasteiger partial charge in [-0.1, -0.05) is 6.92 Å². The number of hydrogen-bond donors (Lipinski definition) is 2. The largest absolute Gasteiger partial charge is 0.481 e. The van der Waals surface area contributed by atoms with Crippen LogP contribution in [0.5, 0.6) is 0 Å². The summed E-state index contributed by atoms with van der Waals surface area (Å²) in [6, 6.07) is 2.51. The highest BCUT2D eigenvalue weighted by molar-refractivity contribution is 5.94. The van der Waals surface area contributed by atoms with Crippen molar-refractivity contribution in [2.75, 3.05) is 20.3 Å². The Morgan fingerprint density at radius 3 is 2.74 bits per heavy atom. The molecular formula is C30H30FN3O8. The van der Waals surface area contributed by atoms with Crippen LogP contribution in [-0.2, 0) is 49.0 Å². The number of benzene rings is 1. The Bertz CT molecular complexity index is 1770. The molecule has 2 atom stereocenters. The van der Waals surface area contributed by atoms with Crippen molar-refractivity contribution in [1.29, 1.82) is 0 Å². The van der Waals surface area contributed by atoms with Gasteiger partial charge in [-0.25, -0.2) is 14.2 Å². The zero-order valence-electron chi connectivity index (χ0n) is 23.5. The molecule has 0 spiro atoms. The molecule has 4 heterocycles. The number of halogens is 1. The van der Waals surface area contributed by atoms with E-state index in [-0.39, 0.29) is 56.2 Å². The lowest BCUT2D eigenvalue weighted by molar-refractivity contribution is -0.172. The lowest BCUT2D eigenvalue weighted by atomic mass is 9.81. The summed E-state index contributed by atoms with van der Waals surface area (Å²) in [5, 5.41) is 20.8. The van der Waals surface area contributed by atoms with Gasteiger partial charge in [0.15, 0.2) is 5.60 Å². The number of carbonyl (C=O) groups is 3. The van der Waals surface area contributed by atoms with Gasteiger partial charge in [-0.15, -0.1) is 0 Å². The monoisotopic (exact) mass is 579 g/mol. The fourth-order valence-electron chi connectivity index (χ4n) is 6.51. The third-order valence-corrected chi connectivity index (χ3v) is 8.89. The zero-order chi connectivity index (χ0) is 30.1. The van der Waals surface area contributed by atoms with E-state index in [4.69, 9.17) is 19.6 Å². The molecule has 0 saturated carbocycles. The van der Waals surface area contributed by atoms with Crippen LogP contribution < -0.4 is 5.56 Å². The van der Waals surface area contributed by atoms with Crippen LogP contribution in [0.25, 0.3) is 22.3 Å². The van der Waals surface area contributed by atoms with Crippen molar-refractivity contribution in [1.82, 2.24) is 14.5 Å². The summed E-state index contributed by atoms with van der Waals surface area (Å²) in [6.07, 6.45) is 0.764. The van der Waals surface area contributed by atoms with Gasteiger partial charge in [0.2, 0.25) is 5.91 Å². The van der Waals surface area contributed by atoms with Gasteiger partial charge in [0.1, 0.15) is 19.0 Å². The van der Waals surface area contributed by atoms with Crippen molar-refractivity contribution in [3.8, 4) is 11.4 Å². The molecule has 2 aliphatic heterocycles. The summed E-state index contributed by atoms with van der Waals surface area (Å²) in [5.74, 6) is -2.61. The summed E-state index contributed by atoms with van der Waals surface area (Å²) in [4.78, 5) is 56.6. The number of likely N-dealkylation sites (N-methyl/N-ethyl adjacent to an activating group) is 1. The molecule has 0 unspecified atom stereocenters. The number of amides is 1. The molecule has 0 radical (unpaired) electrons. The van der Waals surface area contributed by atoms with E-state index in [2.05, 4.69) is 0 Å². The van der Waals surface area contributed by atoms with Crippen molar-refractivity contribution in [2.45, 2.75) is 64.3 Å². The van der Waals surface area contributed by atoms with E-state index in [9.17, 15) is 24.3 Å². The highest BCUT2D eigenvalue weighted by Gasteiger charge is 2.46. The minimum atomic E-state index is -1.98. The highest BCUT2D eigenvalue weighted by atomic mass is 19.1. The molecule has 0 bridgehead atoms. The predicted molar refractivity (Wildman–Crippen MR) is 146 cm³/mol. The minimum Gasteiger partial charge on any atom is -0.481 e. The molecule has 3 aliphatic rings. The van der Waals surface area contributed by atoms with E-state index in [1.54, 1.807) is 31.9 Å². The number of carbonyl (C=O) groups excluding carboxylic acids is 2. The van der Waals surface area contributed by atoms with Crippen LogP contribution in [-0.4, -0.2) is 62.8 Å². The molecule has 0 saturated heterocycles. The fraction of sp³-hybridized carbons (Fsp3) is 0.433. The quantitative estimate of drug-likeness (QED) is 0.249. The fourth-order valence-corrected chi connectivity index (χ4v) is 6.51. The van der Waals surface area contributed by atoms with Crippen LogP contribution in [0.15, 0.2) is 16.9 Å². The van der Waals surface area contributed by atoms with E-state index in [0.717, 1.165) is 16.5 Å². The van der Waals surface area contributed by atoms with E-state index in [0.29, 0.717) is 40.9 Å². The smallest absolute Gasteiger partial charge is 0.343 e. The van der Waals surface area contributed by atoms with E-state index < -0.39 is 35.0 Å². The number of carboxylic acid groups (broad SMARTS) is 1. The first-order valence-corrected chi connectivity index (χ1v) is 13.8. The highest BCUT2D eigenvalue weighted by Crippen LogP contribution is 2.47. The summed E-state index contributed by atoms with van der Waals surface area (Å²) < 4.78 is 27.1. The Balaban J connectivity index is 1.52. The van der Waals surface area contributed by atoms with E-state index in [1.165, 1.54) is 10.6 Å². The van der Waals surface area contributed by atoms with Crippen LogP contribution in [0.1, 0.15) is 65.6 Å². The first-order valence-electron chi connectivity index (χ1n) is 13.8. The topological polar surface area (TPSA) is 148 Å². The summed E-state index contributed by atoms with van der Waals surface area (Å²) >= 11 is 0. The molecule has 12 heteroatoms. The van der Waals surface area contributed by atoms with Gasteiger partial charge < -0.3 is 29.2 Å². The van der Waals surface area contributed by atoms with Gasteiger partial charge in [-0.2, -0.15) is 0 Å². The second-order valence-electron chi connectivity index (χ2n) is 11.1. The maximum absolute atomic E-state index is 15.1. The number of fused-ring (bicyclic) bond motifs is 5. The average Bonchev–Trinajstić information content (AvgIpc) is 3.34. The molecular weight excluding hydrogens is 549 g/mol. The van der Waals surface area contributed by atoms with Crippen molar-refractivity contribution >= 4 is 28.7 Å². The van der Waals surface area contributed by atoms with Crippen molar-refractivity contribution in [3.63, 3.8) is 0 Å². The maximum Gasteiger partial charge on any atom is 0.343 e. The van der Waals surface area contributed by atoms with Crippen LogP contribution in [0.4, 0.5) is 4.39 Å². The number of nitrogens with zero attached hydrogens (tertiary/aromatic N) is 3. The lowest BCUT2D eigenvalue weighted by Gasteiger charge is -2.35. The van der Waals surface area contributed by atoms with Gasteiger partial charge in [0.05, 0.1) is 48.1 Å². The van der Waals surface area contributed by atoms with Crippen molar-refractivity contribution in [2.24, 2.45) is 0 Å². The Labute approximate surface area is 239 Å². The minimum absolute atomic E-state index is 0.00233. The number of aliphatic hydroxyl groups is 1. The maximum atomic E-state index is 15.1. The molecule has 220 valence electrons. The second kappa shape index (κ2) is 9.99. The van der Waals surface area contributed by atoms with Crippen molar-refractivity contribution in [3.05, 3.63) is 61.7 Å². The van der Waals surface area contributed by atoms with Gasteiger partial charge in [0, 0.05) is 29.6 Å². The van der Waals surface area contributed by atoms with Crippen LogP contribution in [0.2, 0.25) is 0 Å². The molecule has 3 aromatic rings. The molecule has 1 aliphatic carbocycles. The number of hydrogen-bond acceptors (Lipinski definition) is 8. The predicted octanol–water partition coefficient (Wildman–Crippen LogP) is 2.46. The van der Waals surface area contributed by atoms with Gasteiger partial charge in [0.25, 0.3) is 5.56 Å². The Hall–Kier alpha value is -4.16. The third-order valence-electron chi connectivity index (χ3n) is 8.89. The molecule has 2 aromatic heterocycles. The number of cyclic esters (lactones) is 1. The van der Waals surface area contributed by atoms with Gasteiger partial charge in [-0.3, -0.25) is 14.4 Å². The summed E-state index contributed by atoms with van der Waals surface area (Å²) in [7, 11) is 1.64. The number of aryl methyl sites for hydroxylation is 1. The Kier molecular flexibility index (Phi) is 6.65. The summed E-state index contributed by atoms with van der Waals surface area (Å²) in [5.41, 5.74) is 1.95. The molecule has 42 heavy (non-hydrogen) atoms. The van der Waals surface area contributed by atoms with Crippen LogP contribution in [0, 0.1) is 12.7 Å². The molecule has 11 nitrogen and oxygen atoms in total. The molecule has 1 aromatic carbocycles. The van der Waals surface area contributed by atoms with E-state index in [1.807, 2.05) is 0 Å². The number of ether oxygens (including phenoxy) is 2. The standard InChI is InChI=1S/C30H30FN3O8/c1-4-30(40)18-9-22-27-16(11-34(22)28(38)17(18)12-42-29(30)39)26-21(33(3)23(35)13-41-8-7-24(36)37)6-5-15-14(2)19(31)10-20(32-27)25(15)26/h9-10,21,40H,4-8,11-13H2,1-3H3,(H,36,37)/t21-,30-/m0/s1. The van der Waals surface area contributed by atoms with Gasteiger partial charge >= 0.3 is 11.9 Å². The molecule has 0 fully saturated rings. The van der Waals surface area contributed by atoms with Crippen LogP contribution >= 0.6 is 0 Å². The van der Waals surface area contributed by atoms with Crippen LogP contribution in [0.3, 0.4) is 0 Å². The average molecular weight is 580 g/mol. The number of pyridine rings is 2. The molecule has 1 amide bonds. The summed E-state index contributed by atoms with van der Waals surface area (Å²) in [6.45, 7) is 2.81. The number of aliphatic carboxylic acids is 1. The second-order valence-corrected chi connectivity index (χ2v) is 11.1. The molecule has 6 rings (SSSR count). The first-order chi connectivity index (χ1) is 20.0. The van der Waals surface area contributed by atoms with Crippen molar-refractivity contribution < 1.29 is 38.5 Å². The first kappa shape index (κ1) is 28.0. The molecule has 2 N–H and O–H groups in total. The third kappa shape index (κ3) is 4.03. The van der Waals surface area contributed by atoms with E-state index >= 15 is 4.39 Å². The number of rotatable bonds is 7. The SMILES string of the molecule is CC[C@@]1(O)C(=O)OCc2c1cc1n(c2=O)Cc2c-1nc1cc(F)c(C)c3c1c2[C@@H](N(C)C(=O)COCCC(=O)O)CC3. The number of esters is 1. The number of aromatic nitrogens is 2. The number of carboxylic acids is 1. The zero-order valence-corrected chi connectivity index (χ0v) is 23.5. The normalized spacial score (nSPS) is 20.1. The Morgan fingerprint density at radius 1 is 1.26 bits per heavy atom.